The molecule has 0 heterocycles. The number of carbonyl (C=O) groups is 4. The first-order valence-electron chi connectivity index (χ1n) is 5.19. The van der Waals surface area contributed by atoms with E-state index in [1.54, 1.807) is 0 Å². The minimum Gasteiger partial charge on any atom is -0.481 e. The molecule has 0 fully saturated rings. The molecule has 0 aromatic carbocycles. The summed E-state index contributed by atoms with van der Waals surface area (Å²) in [6.07, 6.45) is -2.13. The zero-order valence-corrected chi connectivity index (χ0v) is 10.0. The second kappa shape index (κ2) is 7.87. The maximum Gasteiger partial charge on any atom is 0.341 e. The molecule has 0 aromatic heterocycles. The summed E-state index contributed by atoms with van der Waals surface area (Å²) in [5.41, 5.74) is 0. The number of carboxylic acids is 3. The van der Waals surface area contributed by atoms with Crippen LogP contribution in [0.2, 0.25) is 0 Å². The zero-order chi connectivity index (χ0) is 15.0. The van der Waals surface area contributed by atoms with Crippen LogP contribution in [-0.4, -0.2) is 58.5 Å². The van der Waals surface area contributed by atoms with Gasteiger partial charge in [-0.2, -0.15) is 0 Å². The standard InChI is InChI=1S/C9H15N3O7/c1-10-6(8(17)18)12-9(19)11-4(7(15)16)2-3-5(13)14/h4,6,10H,2-3H2,1H3,(H,13,14)(H,15,16)(H,17,18)(H2,11,12,19)/t4-,6?/m0/s1. The maximum absolute atomic E-state index is 11.3. The van der Waals surface area contributed by atoms with Crippen molar-refractivity contribution < 1.29 is 34.5 Å². The fraction of sp³-hybridized carbons (Fsp3) is 0.556. The van der Waals surface area contributed by atoms with Crippen LogP contribution in [0.4, 0.5) is 4.79 Å². The molecule has 2 atom stereocenters. The molecule has 2 amide bonds. The monoisotopic (exact) mass is 277 g/mol. The Morgan fingerprint density at radius 3 is 1.95 bits per heavy atom. The summed E-state index contributed by atoms with van der Waals surface area (Å²) in [5, 5.41) is 32.1. The van der Waals surface area contributed by atoms with E-state index in [0.29, 0.717) is 0 Å². The highest BCUT2D eigenvalue weighted by Crippen LogP contribution is 1.98. The molecule has 0 aliphatic carbocycles. The molecular weight excluding hydrogens is 262 g/mol. The minimum absolute atomic E-state index is 0.310. The van der Waals surface area contributed by atoms with Gasteiger partial charge in [0.25, 0.3) is 0 Å². The first-order valence-corrected chi connectivity index (χ1v) is 5.19. The van der Waals surface area contributed by atoms with Crippen LogP contribution < -0.4 is 16.0 Å². The van der Waals surface area contributed by atoms with E-state index in [-0.39, 0.29) is 6.42 Å². The number of aliphatic carboxylic acids is 3. The van der Waals surface area contributed by atoms with Gasteiger partial charge in [-0.15, -0.1) is 0 Å². The highest BCUT2D eigenvalue weighted by Gasteiger charge is 2.23. The van der Waals surface area contributed by atoms with Crippen LogP contribution in [0.3, 0.4) is 0 Å². The van der Waals surface area contributed by atoms with Crippen LogP contribution in [0.25, 0.3) is 0 Å². The molecule has 10 heteroatoms. The molecule has 0 aliphatic heterocycles. The highest BCUT2D eigenvalue weighted by molar-refractivity contribution is 5.86. The van der Waals surface area contributed by atoms with Gasteiger partial charge in [-0.25, -0.2) is 14.4 Å². The molecule has 108 valence electrons. The SMILES string of the molecule is CNC(NC(=O)N[C@@H](CCC(=O)O)C(=O)O)C(=O)O. The molecule has 10 nitrogen and oxygen atoms in total. The molecule has 0 aromatic rings. The Hall–Kier alpha value is -2.36. The predicted octanol–water partition coefficient (Wildman–Crippen LogP) is -1.77. The predicted molar refractivity (Wildman–Crippen MR) is 60.4 cm³/mol. The van der Waals surface area contributed by atoms with Gasteiger partial charge in [-0.05, 0) is 13.5 Å². The van der Waals surface area contributed by atoms with Crippen molar-refractivity contribution in [2.45, 2.75) is 25.0 Å². The fourth-order valence-corrected chi connectivity index (χ4v) is 1.11. The van der Waals surface area contributed by atoms with Crippen LogP contribution in [0.5, 0.6) is 0 Å². The Morgan fingerprint density at radius 1 is 1.00 bits per heavy atom. The lowest BCUT2D eigenvalue weighted by molar-refractivity contribution is -0.141. The van der Waals surface area contributed by atoms with Crippen molar-refractivity contribution in [3.05, 3.63) is 0 Å². The van der Waals surface area contributed by atoms with E-state index in [1.807, 2.05) is 10.6 Å². The summed E-state index contributed by atoms with van der Waals surface area (Å²) in [5.74, 6) is -3.96. The van der Waals surface area contributed by atoms with Gasteiger partial charge >= 0.3 is 23.9 Å². The number of carbonyl (C=O) groups excluding carboxylic acids is 1. The smallest absolute Gasteiger partial charge is 0.341 e. The quantitative estimate of drug-likeness (QED) is 0.284. The van der Waals surface area contributed by atoms with Crippen molar-refractivity contribution in [1.82, 2.24) is 16.0 Å². The summed E-state index contributed by atoms with van der Waals surface area (Å²) in [6.45, 7) is 0. The largest absolute Gasteiger partial charge is 0.481 e. The third kappa shape index (κ3) is 6.83. The maximum atomic E-state index is 11.3. The molecule has 6 N–H and O–H groups in total. The molecular formula is C9H15N3O7. The van der Waals surface area contributed by atoms with Crippen molar-refractivity contribution in [3.63, 3.8) is 0 Å². The van der Waals surface area contributed by atoms with Crippen molar-refractivity contribution in [3.8, 4) is 0 Å². The Kier molecular flexibility index (Phi) is 6.89. The summed E-state index contributed by atoms with van der Waals surface area (Å²) >= 11 is 0. The number of carboxylic acid groups (broad SMARTS) is 3. The van der Waals surface area contributed by atoms with E-state index < -0.39 is 42.6 Å². The van der Waals surface area contributed by atoms with E-state index in [4.69, 9.17) is 15.3 Å². The third-order valence-electron chi connectivity index (χ3n) is 2.06. The number of urea groups is 1. The molecule has 0 rings (SSSR count). The van der Waals surface area contributed by atoms with Gasteiger partial charge in [-0.3, -0.25) is 10.1 Å². The first kappa shape index (κ1) is 16.6. The lowest BCUT2D eigenvalue weighted by Gasteiger charge is -2.17. The van der Waals surface area contributed by atoms with Crippen molar-refractivity contribution >= 4 is 23.9 Å². The molecule has 19 heavy (non-hydrogen) atoms. The molecule has 0 radical (unpaired) electrons. The molecule has 1 unspecified atom stereocenters. The molecule has 0 spiro atoms. The second-order valence-corrected chi connectivity index (χ2v) is 3.50. The third-order valence-corrected chi connectivity index (χ3v) is 2.06. The van der Waals surface area contributed by atoms with Gasteiger partial charge in [0.05, 0.1) is 0 Å². The van der Waals surface area contributed by atoms with Crippen LogP contribution in [0.15, 0.2) is 0 Å². The van der Waals surface area contributed by atoms with E-state index in [2.05, 4.69) is 5.32 Å². The molecule has 0 saturated carbocycles. The summed E-state index contributed by atoms with van der Waals surface area (Å²) in [6, 6.07) is -2.44. The van der Waals surface area contributed by atoms with E-state index in [0.717, 1.165) is 0 Å². The normalized spacial score (nSPS) is 13.1. The highest BCUT2D eigenvalue weighted by atomic mass is 16.4. The minimum atomic E-state index is -1.41. The number of rotatable bonds is 8. The number of hydrogen-bond acceptors (Lipinski definition) is 5. The Balaban J connectivity index is 4.42. The van der Waals surface area contributed by atoms with Crippen molar-refractivity contribution in [2.75, 3.05) is 7.05 Å². The fourth-order valence-electron chi connectivity index (χ4n) is 1.11. The topological polar surface area (TPSA) is 165 Å². The van der Waals surface area contributed by atoms with E-state index >= 15 is 0 Å². The van der Waals surface area contributed by atoms with Gasteiger partial charge < -0.3 is 26.0 Å². The summed E-state index contributed by atoms with van der Waals surface area (Å²) in [4.78, 5) is 43.0. The second-order valence-electron chi connectivity index (χ2n) is 3.50. The number of likely N-dealkylation sites (N-methyl/N-ethyl adjacent to an activating group) is 1. The number of hydrogen-bond donors (Lipinski definition) is 6. The lowest BCUT2D eigenvalue weighted by atomic mass is 10.1. The lowest BCUT2D eigenvalue weighted by Crippen LogP contribution is -2.55. The summed E-state index contributed by atoms with van der Waals surface area (Å²) < 4.78 is 0. The Labute approximate surface area is 107 Å². The number of amides is 2. The molecule has 0 bridgehead atoms. The van der Waals surface area contributed by atoms with Gasteiger partial charge in [0.15, 0.2) is 6.17 Å². The Morgan fingerprint density at radius 2 is 1.58 bits per heavy atom. The Bertz CT molecular complexity index is 371. The van der Waals surface area contributed by atoms with Gasteiger partial charge in [0, 0.05) is 6.42 Å². The van der Waals surface area contributed by atoms with Gasteiger partial charge in [0.2, 0.25) is 0 Å². The average molecular weight is 277 g/mol. The van der Waals surface area contributed by atoms with Crippen LogP contribution in [-0.2, 0) is 14.4 Å². The van der Waals surface area contributed by atoms with Crippen molar-refractivity contribution in [1.29, 1.82) is 0 Å². The molecule has 0 saturated heterocycles. The summed E-state index contributed by atoms with van der Waals surface area (Å²) in [7, 11) is 1.29. The molecule has 0 aliphatic rings. The van der Waals surface area contributed by atoms with E-state index in [1.165, 1.54) is 7.05 Å². The van der Waals surface area contributed by atoms with Gasteiger partial charge in [-0.1, -0.05) is 0 Å². The zero-order valence-electron chi connectivity index (χ0n) is 10.0. The number of nitrogens with one attached hydrogen (secondary N) is 3. The van der Waals surface area contributed by atoms with Crippen LogP contribution in [0, 0.1) is 0 Å². The van der Waals surface area contributed by atoms with Gasteiger partial charge in [0.1, 0.15) is 6.04 Å². The van der Waals surface area contributed by atoms with Crippen molar-refractivity contribution in [2.24, 2.45) is 0 Å². The van der Waals surface area contributed by atoms with Crippen LogP contribution >= 0.6 is 0 Å². The van der Waals surface area contributed by atoms with E-state index in [9.17, 15) is 19.2 Å². The van der Waals surface area contributed by atoms with Crippen LogP contribution in [0.1, 0.15) is 12.8 Å². The first-order chi connectivity index (χ1) is 8.77. The average Bonchev–Trinajstić information content (AvgIpc) is 2.30.